The maximum absolute atomic E-state index is 6.33. The number of benzene rings is 1. The van der Waals surface area contributed by atoms with Crippen LogP contribution in [0.15, 0.2) is 35.3 Å². The minimum absolute atomic E-state index is 0.565. The van der Waals surface area contributed by atoms with Crippen molar-refractivity contribution >= 4 is 21.7 Å². The Kier molecular flexibility index (Phi) is 3.42. The van der Waals surface area contributed by atoms with E-state index in [1.54, 1.807) is 0 Å². The lowest BCUT2D eigenvalue weighted by Crippen LogP contribution is -2.05. The van der Waals surface area contributed by atoms with Crippen LogP contribution in [-0.4, -0.2) is 9.55 Å². The molecule has 1 aliphatic carbocycles. The summed E-state index contributed by atoms with van der Waals surface area (Å²) in [4.78, 5) is 4.81. The Morgan fingerprint density at radius 1 is 1.50 bits per heavy atom. The van der Waals surface area contributed by atoms with E-state index in [1.165, 1.54) is 18.4 Å². The Morgan fingerprint density at radius 2 is 2.25 bits per heavy atom. The normalized spacial score (nSPS) is 14.5. The Balaban J connectivity index is 2.13. The van der Waals surface area contributed by atoms with E-state index < -0.39 is 0 Å². The van der Waals surface area contributed by atoms with Gasteiger partial charge in [0.2, 0.25) is 0 Å². The molecular formula is C16H18BrN3. The SMILES string of the molecule is C=CCn1c(C2CC2)nc(-c2ccc(C)cc2Br)c1N. The van der Waals surface area contributed by atoms with E-state index in [-0.39, 0.29) is 0 Å². The largest absolute Gasteiger partial charge is 0.383 e. The van der Waals surface area contributed by atoms with Crippen LogP contribution in [0.2, 0.25) is 0 Å². The zero-order chi connectivity index (χ0) is 14.3. The fourth-order valence-corrected chi connectivity index (χ4v) is 3.15. The highest BCUT2D eigenvalue weighted by atomic mass is 79.9. The summed E-state index contributed by atoms with van der Waals surface area (Å²) in [5.74, 6) is 2.40. The van der Waals surface area contributed by atoms with Crippen LogP contribution in [-0.2, 0) is 6.54 Å². The Bertz CT molecular complexity index is 669. The van der Waals surface area contributed by atoms with Crippen molar-refractivity contribution in [2.45, 2.75) is 32.2 Å². The summed E-state index contributed by atoms with van der Waals surface area (Å²) in [6.07, 6.45) is 4.29. The third kappa shape index (κ3) is 2.29. The quantitative estimate of drug-likeness (QED) is 0.850. The highest BCUT2D eigenvalue weighted by molar-refractivity contribution is 9.10. The lowest BCUT2D eigenvalue weighted by Gasteiger charge is -2.07. The van der Waals surface area contributed by atoms with Crippen molar-refractivity contribution in [1.29, 1.82) is 0 Å². The van der Waals surface area contributed by atoms with Gasteiger partial charge < -0.3 is 10.3 Å². The van der Waals surface area contributed by atoms with E-state index in [2.05, 4.69) is 52.2 Å². The fraction of sp³-hybridized carbons (Fsp3) is 0.312. The molecule has 2 N–H and O–H groups in total. The van der Waals surface area contributed by atoms with Gasteiger partial charge >= 0.3 is 0 Å². The number of allylic oxidation sites excluding steroid dienone is 1. The second-order valence-electron chi connectivity index (χ2n) is 5.36. The number of nitrogens with two attached hydrogens (primary N) is 1. The van der Waals surface area contributed by atoms with Gasteiger partial charge in [-0.25, -0.2) is 4.98 Å². The predicted molar refractivity (Wildman–Crippen MR) is 86.7 cm³/mol. The van der Waals surface area contributed by atoms with E-state index in [4.69, 9.17) is 10.7 Å². The van der Waals surface area contributed by atoms with Crippen LogP contribution in [0.3, 0.4) is 0 Å². The summed E-state index contributed by atoms with van der Waals surface area (Å²) in [5.41, 5.74) is 9.47. The average molecular weight is 332 g/mol. The van der Waals surface area contributed by atoms with Crippen molar-refractivity contribution < 1.29 is 0 Å². The second kappa shape index (κ2) is 5.09. The van der Waals surface area contributed by atoms with Crippen LogP contribution in [0.5, 0.6) is 0 Å². The van der Waals surface area contributed by atoms with Crippen molar-refractivity contribution in [3.05, 3.63) is 46.7 Å². The molecule has 0 spiro atoms. The molecule has 0 aliphatic heterocycles. The molecule has 0 amide bonds. The number of hydrogen-bond donors (Lipinski definition) is 1. The third-order valence-corrected chi connectivity index (χ3v) is 4.33. The highest BCUT2D eigenvalue weighted by Crippen LogP contribution is 2.43. The van der Waals surface area contributed by atoms with Gasteiger partial charge in [-0.05, 0) is 31.4 Å². The van der Waals surface area contributed by atoms with E-state index in [9.17, 15) is 0 Å². The third-order valence-electron chi connectivity index (χ3n) is 3.67. The van der Waals surface area contributed by atoms with Gasteiger partial charge in [0.15, 0.2) is 0 Å². The number of nitrogen functional groups attached to an aromatic ring is 1. The number of aryl methyl sites for hydroxylation is 1. The van der Waals surface area contributed by atoms with E-state index >= 15 is 0 Å². The lowest BCUT2D eigenvalue weighted by molar-refractivity contribution is 0.750. The topological polar surface area (TPSA) is 43.8 Å². The van der Waals surface area contributed by atoms with Gasteiger partial charge in [-0.1, -0.05) is 34.1 Å². The molecule has 3 nitrogen and oxygen atoms in total. The summed E-state index contributed by atoms with van der Waals surface area (Å²) in [7, 11) is 0. The molecular weight excluding hydrogens is 314 g/mol. The van der Waals surface area contributed by atoms with E-state index in [0.717, 1.165) is 27.4 Å². The molecule has 0 radical (unpaired) electrons. The van der Waals surface area contributed by atoms with Crippen molar-refractivity contribution in [3.63, 3.8) is 0 Å². The highest BCUT2D eigenvalue weighted by Gasteiger charge is 2.31. The Hall–Kier alpha value is -1.55. The summed E-state index contributed by atoms with van der Waals surface area (Å²) < 4.78 is 3.13. The molecule has 4 heteroatoms. The number of rotatable bonds is 4. The molecule has 1 fully saturated rings. The summed E-state index contributed by atoms with van der Waals surface area (Å²) >= 11 is 3.62. The number of halogens is 1. The summed E-state index contributed by atoms with van der Waals surface area (Å²) in [6.45, 7) is 6.61. The van der Waals surface area contributed by atoms with Crippen molar-refractivity contribution in [1.82, 2.24) is 9.55 Å². The molecule has 0 bridgehead atoms. The minimum Gasteiger partial charge on any atom is -0.383 e. The van der Waals surface area contributed by atoms with Crippen molar-refractivity contribution in [3.8, 4) is 11.3 Å². The Morgan fingerprint density at radius 3 is 2.85 bits per heavy atom. The monoisotopic (exact) mass is 331 g/mol. The minimum atomic E-state index is 0.565. The summed E-state index contributed by atoms with van der Waals surface area (Å²) in [5, 5.41) is 0. The van der Waals surface area contributed by atoms with E-state index in [0.29, 0.717) is 12.5 Å². The number of aromatic nitrogens is 2. The molecule has 104 valence electrons. The first-order valence-corrected chi connectivity index (χ1v) is 7.64. The predicted octanol–water partition coefficient (Wildman–Crippen LogP) is 4.27. The molecule has 1 aromatic heterocycles. The Labute approximate surface area is 127 Å². The van der Waals surface area contributed by atoms with E-state index in [1.807, 2.05) is 6.08 Å². The van der Waals surface area contributed by atoms with Gasteiger partial charge in [0, 0.05) is 22.5 Å². The molecule has 1 saturated carbocycles. The zero-order valence-corrected chi connectivity index (χ0v) is 13.2. The van der Waals surface area contributed by atoms with Crippen LogP contribution in [0.4, 0.5) is 5.82 Å². The van der Waals surface area contributed by atoms with Crippen LogP contribution in [0, 0.1) is 6.92 Å². The maximum Gasteiger partial charge on any atom is 0.132 e. The molecule has 20 heavy (non-hydrogen) atoms. The smallest absolute Gasteiger partial charge is 0.132 e. The molecule has 1 aromatic carbocycles. The molecule has 0 saturated heterocycles. The number of hydrogen-bond acceptors (Lipinski definition) is 2. The van der Waals surface area contributed by atoms with Crippen LogP contribution >= 0.6 is 15.9 Å². The molecule has 1 aliphatic rings. The molecule has 0 unspecified atom stereocenters. The van der Waals surface area contributed by atoms with Gasteiger partial charge in [-0.3, -0.25) is 0 Å². The number of anilines is 1. The fourth-order valence-electron chi connectivity index (χ4n) is 2.47. The standard InChI is InChI=1S/C16H18BrN3/c1-3-8-20-15(18)14(19-16(20)11-5-6-11)12-7-4-10(2)9-13(12)17/h3-4,7,9,11H,1,5-6,8,18H2,2H3. The number of nitrogens with zero attached hydrogens (tertiary/aromatic N) is 2. The van der Waals surface area contributed by atoms with Crippen LogP contribution in [0.1, 0.15) is 30.1 Å². The molecule has 0 atom stereocenters. The van der Waals surface area contributed by atoms with Crippen molar-refractivity contribution in [2.75, 3.05) is 5.73 Å². The maximum atomic E-state index is 6.33. The van der Waals surface area contributed by atoms with Crippen LogP contribution in [0.25, 0.3) is 11.3 Å². The zero-order valence-electron chi connectivity index (χ0n) is 11.6. The molecule has 1 heterocycles. The van der Waals surface area contributed by atoms with Crippen molar-refractivity contribution in [2.24, 2.45) is 0 Å². The molecule has 3 rings (SSSR count). The van der Waals surface area contributed by atoms with Gasteiger partial charge in [0.05, 0.1) is 0 Å². The lowest BCUT2D eigenvalue weighted by atomic mass is 10.1. The average Bonchev–Trinajstić information content (AvgIpc) is 3.19. The summed E-state index contributed by atoms with van der Waals surface area (Å²) in [6, 6.07) is 6.26. The second-order valence-corrected chi connectivity index (χ2v) is 6.22. The van der Waals surface area contributed by atoms with Gasteiger partial charge in [0.1, 0.15) is 17.3 Å². The number of imidazole rings is 1. The first-order valence-electron chi connectivity index (χ1n) is 6.85. The van der Waals surface area contributed by atoms with Gasteiger partial charge in [-0.15, -0.1) is 6.58 Å². The molecule has 2 aromatic rings. The van der Waals surface area contributed by atoms with Crippen LogP contribution < -0.4 is 5.73 Å². The first kappa shape index (κ1) is 13.4. The van der Waals surface area contributed by atoms with Gasteiger partial charge in [-0.2, -0.15) is 0 Å². The first-order chi connectivity index (χ1) is 9.61. The van der Waals surface area contributed by atoms with Gasteiger partial charge in [0.25, 0.3) is 0 Å².